The Kier molecular flexibility index (Phi) is 5.35. The average Bonchev–Trinajstić information content (AvgIpc) is 3.23. The maximum absolute atomic E-state index is 12.4. The molecule has 26 heavy (non-hydrogen) atoms. The molecule has 4 atom stereocenters. The number of hydrogen-bond acceptors (Lipinski definition) is 4. The smallest absolute Gasteiger partial charge is 0.307 e. The van der Waals surface area contributed by atoms with E-state index in [0.29, 0.717) is 6.54 Å². The molecule has 7 nitrogen and oxygen atoms in total. The molecule has 1 aromatic carbocycles. The zero-order valence-corrected chi connectivity index (χ0v) is 14.3. The number of benzene rings is 1. The Balaban J connectivity index is 1.41. The number of nitro benzene ring substituents is 1. The number of allylic oxidation sites excluding steroid dienone is 2. The lowest BCUT2D eigenvalue weighted by Gasteiger charge is -2.23. The number of carbonyl (C=O) groups is 2. The number of carbonyl (C=O) groups excluding carboxylic acids is 1. The first-order valence-corrected chi connectivity index (χ1v) is 8.89. The van der Waals surface area contributed by atoms with Crippen molar-refractivity contribution in [1.29, 1.82) is 0 Å². The van der Waals surface area contributed by atoms with Gasteiger partial charge < -0.3 is 10.4 Å². The van der Waals surface area contributed by atoms with Crippen LogP contribution in [0.15, 0.2) is 36.4 Å². The lowest BCUT2D eigenvalue weighted by Crippen LogP contribution is -2.40. The summed E-state index contributed by atoms with van der Waals surface area (Å²) in [7, 11) is 0. The van der Waals surface area contributed by atoms with Crippen LogP contribution in [-0.2, 0) is 16.0 Å². The normalized spacial score (nSPS) is 26.0. The van der Waals surface area contributed by atoms with Crippen molar-refractivity contribution in [3.05, 3.63) is 52.1 Å². The van der Waals surface area contributed by atoms with Crippen LogP contribution in [0, 0.1) is 33.8 Å². The molecule has 3 rings (SSSR count). The molecule has 0 spiro atoms. The van der Waals surface area contributed by atoms with Gasteiger partial charge in [0, 0.05) is 18.7 Å². The Hall–Kier alpha value is -2.70. The van der Waals surface area contributed by atoms with Crippen molar-refractivity contribution < 1.29 is 19.6 Å². The average molecular weight is 358 g/mol. The number of unbranched alkanes of at least 4 members (excludes halogenated alkanes) is 1. The third kappa shape index (κ3) is 3.76. The van der Waals surface area contributed by atoms with Gasteiger partial charge in [0.25, 0.3) is 5.69 Å². The van der Waals surface area contributed by atoms with Gasteiger partial charge in [0.1, 0.15) is 0 Å². The predicted molar refractivity (Wildman–Crippen MR) is 94.4 cm³/mol. The molecule has 138 valence electrons. The van der Waals surface area contributed by atoms with Gasteiger partial charge in [-0.05, 0) is 43.1 Å². The highest BCUT2D eigenvalue weighted by atomic mass is 16.6. The number of rotatable bonds is 8. The first kappa shape index (κ1) is 18.1. The van der Waals surface area contributed by atoms with Gasteiger partial charge >= 0.3 is 5.97 Å². The molecule has 1 saturated carbocycles. The third-order valence-corrected chi connectivity index (χ3v) is 5.39. The van der Waals surface area contributed by atoms with Crippen LogP contribution in [0.3, 0.4) is 0 Å². The van der Waals surface area contributed by atoms with E-state index in [1.165, 1.54) is 12.1 Å². The van der Waals surface area contributed by atoms with Gasteiger partial charge in [0.05, 0.1) is 16.8 Å². The van der Waals surface area contributed by atoms with E-state index in [9.17, 15) is 24.8 Å². The SMILES string of the molecule is O=C(O)C1C2C=CC(C2)C1C(=O)NCCCCc1ccc([N+](=O)[O-])cc1. The van der Waals surface area contributed by atoms with Crippen molar-refractivity contribution in [3.63, 3.8) is 0 Å². The fourth-order valence-corrected chi connectivity index (χ4v) is 4.08. The zero-order chi connectivity index (χ0) is 18.7. The van der Waals surface area contributed by atoms with Crippen molar-refractivity contribution in [2.75, 3.05) is 6.54 Å². The van der Waals surface area contributed by atoms with Gasteiger partial charge in [0.15, 0.2) is 0 Å². The fourth-order valence-electron chi connectivity index (χ4n) is 4.08. The van der Waals surface area contributed by atoms with Crippen LogP contribution in [0.25, 0.3) is 0 Å². The fraction of sp³-hybridized carbons (Fsp3) is 0.474. The first-order valence-electron chi connectivity index (χ1n) is 8.89. The minimum Gasteiger partial charge on any atom is -0.481 e. The van der Waals surface area contributed by atoms with E-state index in [0.717, 1.165) is 31.2 Å². The molecule has 2 aliphatic rings. The Morgan fingerprint density at radius 1 is 1.12 bits per heavy atom. The van der Waals surface area contributed by atoms with Crippen LogP contribution in [0.2, 0.25) is 0 Å². The van der Waals surface area contributed by atoms with Crippen LogP contribution >= 0.6 is 0 Å². The minimum atomic E-state index is -0.889. The molecule has 1 amide bonds. The molecular weight excluding hydrogens is 336 g/mol. The van der Waals surface area contributed by atoms with Gasteiger partial charge in [-0.15, -0.1) is 0 Å². The van der Waals surface area contributed by atoms with Gasteiger partial charge in [-0.2, -0.15) is 0 Å². The van der Waals surface area contributed by atoms with Crippen LogP contribution < -0.4 is 5.32 Å². The standard InChI is InChI=1S/C19H22N2O5/c22-18(16-13-6-7-14(11-13)17(16)19(23)24)20-10-2-1-3-12-4-8-15(9-5-12)21(25)26/h4-9,13-14,16-17H,1-3,10-11H2,(H,20,22)(H,23,24). The second kappa shape index (κ2) is 7.68. The van der Waals surface area contributed by atoms with E-state index >= 15 is 0 Å². The maximum atomic E-state index is 12.4. The van der Waals surface area contributed by atoms with E-state index < -0.39 is 22.7 Å². The molecule has 2 aliphatic carbocycles. The van der Waals surface area contributed by atoms with E-state index in [-0.39, 0.29) is 23.4 Å². The largest absolute Gasteiger partial charge is 0.481 e. The number of non-ortho nitro benzene ring substituents is 1. The lowest BCUT2D eigenvalue weighted by molar-refractivity contribution is -0.384. The predicted octanol–water partition coefficient (Wildman–Crippen LogP) is 2.56. The number of carboxylic acids is 1. The molecule has 0 radical (unpaired) electrons. The number of nitrogens with zero attached hydrogens (tertiary/aromatic N) is 1. The Morgan fingerprint density at radius 3 is 2.38 bits per heavy atom. The quantitative estimate of drug-likeness (QED) is 0.321. The molecule has 0 heterocycles. The number of nitro groups is 1. The van der Waals surface area contributed by atoms with Crippen molar-refractivity contribution >= 4 is 17.6 Å². The second-order valence-electron chi connectivity index (χ2n) is 7.01. The Labute approximate surface area is 151 Å². The molecular formula is C19H22N2O5. The topological polar surface area (TPSA) is 110 Å². The summed E-state index contributed by atoms with van der Waals surface area (Å²) in [6.07, 6.45) is 7.06. The molecule has 0 saturated heterocycles. The van der Waals surface area contributed by atoms with Gasteiger partial charge in [-0.3, -0.25) is 19.7 Å². The van der Waals surface area contributed by atoms with Crippen molar-refractivity contribution in [3.8, 4) is 0 Å². The number of nitrogens with one attached hydrogen (secondary N) is 1. The number of fused-ring (bicyclic) bond motifs is 2. The van der Waals surface area contributed by atoms with Crippen LogP contribution in [-0.4, -0.2) is 28.5 Å². The number of amides is 1. The first-order chi connectivity index (χ1) is 12.5. The van der Waals surface area contributed by atoms with Crippen LogP contribution in [0.5, 0.6) is 0 Å². The van der Waals surface area contributed by atoms with E-state index in [2.05, 4.69) is 5.32 Å². The number of aliphatic carboxylic acids is 1. The van der Waals surface area contributed by atoms with E-state index in [1.54, 1.807) is 12.1 Å². The Morgan fingerprint density at radius 2 is 1.77 bits per heavy atom. The summed E-state index contributed by atoms with van der Waals surface area (Å²) in [6.45, 7) is 0.510. The summed E-state index contributed by atoms with van der Waals surface area (Å²) in [5, 5.41) is 22.9. The van der Waals surface area contributed by atoms with E-state index in [1.807, 2.05) is 12.2 Å². The van der Waals surface area contributed by atoms with Gasteiger partial charge in [-0.25, -0.2) is 0 Å². The number of carboxylic acid groups (broad SMARTS) is 1. The highest BCUT2D eigenvalue weighted by Gasteiger charge is 2.51. The number of hydrogen-bond donors (Lipinski definition) is 2. The molecule has 1 fully saturated rings. The molecule has 7 heteroatoms. The number of aryl methyl sites for hydroxylation is 1. The monoisotopic (exact) mass is 358 g/mol. The maximum Gasteiger partial charge on any atom is 0.307 e. The molecule has 0 aromatic heterocycles. The highest BCUT2D eigenvalue weighted by Crippen LogP contribution is 2.48. The van der Waals surface area contributed by atoms with Crippen molar-refractivity contribution in [1.82, 2.24) is 5.32 Å². The van der Waals surface area contributed by atoms with Crippen molar-refractivity contribution in [2.45, 2.75) is 25.7 Å². The lowest BCUT2D eigenvalue weighted by atomic mass is 9.82. The second-order valence-corrected chi connectivity index (χ2v) is 7.01. The third-order valence-electron chi connectivity index (χ3n) is 5.39. The Bertz CT molecular complexity index is 728. The summed E-state index contributed by atoms with van der Waals surface area (Å²) in [5.74, 6) is -2.09. The van der Waals surface area contributed by atoms with Crippen LogP contribution in [0.1, 0.15) is 24.8 Å². The van der Waals surface area contributed by atoms with Gasteiger partial charge in [0.2, 0.25) is 5.91 Å². The highest BCUT2D eigenvalue weighted by molar-refractivity contribution is 5.86. The minimum absolute atomic E-state index is 0.0182. The summed E-state index contributed by atoms with van der Waals surface area (Å²) in [4.78, 5) is 34.1. The molecule has 0 aliphatic heterocycles. The molecule has 2 bridgehead atoms. The van der Waals surface area contributed by atoms with Crippen molar-refractivity contribution in [2.24, 2.45) is 23.7 Å². The summed E-state index contributed by atoms with van der Waals surface area (Å²) in [6, 6.07) is 6.48. The summed E-state index contributed by atoms with van der Waals surface area (Å²) < 4.78 is 0. The molecule has 1 aromatic rings. The molecule has 4 unspecified atom stereocenters. The molecule has 2 N–H and O–H groups in total. The van der Waals surface area contributed by atoms with Gasteiger partial charge in [-0.1, -0.05) is 24.3 Å². The summed E-state index contributed by atoms with van der Waals surface area (Å²) in [5.41, 5.74) is 1.10. The summed E-state index contributed by atoms with van der Waals surface area (Å²) >= 11 is 0. The van der Waals surface area contributed by atoms with E-state index in [4.69, 9.17) is 0 Å². The zero-order valence-electron chi connectivity index (χ0n) is 14.3. The van der Waals surface area contributed by atoms with Crippen LogP contribution in [0.4, 0.5) is 5.69 Å².